The van der Waals surface area contributed by atoms with Crippen molar-refractivity contribution < 1.29 is 4.39 Å². The van der Waals surface area contributed by atoms with Crippen LogP contribution in [0.25, 0.3) is 0 Å². The second kappa shape index (κ2) is 5.38. The second-order valence-corrected chi connectivity index (χ2v) is 4.01. The van der Waals surface area contributed by atoms with Crippen molar-refractivity contribution in [1.29, 1.82) is 0 Å². The van der Waals surface area contributed by atoms with Crippen LogP contribution in [-0.4, -0.2) is 5.33 Å². The summed E-state index contributed by atoms with van der Waals surface area (Å²) in [5.74, 6) is -0.126. The van der Waals surface area contributed by atoms with Crippen molar-refractivity contribution in [2.45, 2.75) is 26.2 Å². The molecule has 0 N–H and O–H groups in total. The number of alkyl halides is 1. The molecule has 72 valence electrons. The molecule has 0 spiro atoms. The zero-order chi connectivity index (χ0) is 9.68. The highest BCUT2D eigenvalue weighted by atomic mass is 79.9. The van der Waals surface area contributed by atoms with Gasteiger partial charge in [0.15, 0.2) is 0 Å². The average Bonchev–Trinajstić information content (AvgIpc) is 2.11. The van der Waals surface area contributed by atoms with E-state index in [2.05, 4.69) is 15.9 Å². The van der Waals surface area contributed by atoms with Gasteiger partial charge in [0.25, 0.3) is 0 Å². The van der Waals surface area contributed by atoms with E-state index in [0.29, 0.717) is 0 Å². The Balaban J connectivity index is 2.59. The Morgan fingerprint density at radius 1 is 1.31 bits per heavy atom. The normalized spacial score (nSPS) is 10.4. The lowest BCUT2D eigenvalue weighted by molar-refractivity contribution is 0.623. The fourth-order valence-electron chi connectivity index (χ4n) is 1.32. The number of rotatable bonds is 4. The van der Waals surface area contributed by atoms with Crippen LogP contribution in [0, 0.1) is 12.7 Å². The smallest absolute Gasteiger partial charge is 0.123 e. The van der Waals surface area contributed by atoms with Crippen molar-refractivity contribution >= 4 is 15.9 Å². The Hall–Kier alpha value is -0.370. The average molecular weight is 245 g/mol. The van der Waals surface area contributed by atoms with Gasteiger partial charge in [0.2, 0.25) is 0 Å². The molecule has 0 fully saturated rings. The molecule has 0 nitrogen and oxygen atoms in total. The van der Waals surface area contributed by atoms with Crippen LogP contribution >= 0.6 is 15.9 Å². The molecular weight excluding hydrogens is 231 g/mol. The van der Waals surface area contributed by atoms with Gasteiger partial charge in [-0.3, -0.25) is 0 Å². The summed E-state index contributed by atoms with van der Waals surface area (Å²) >= 11 is 3.38. The summed E-state index contributed by atoms with van der Waals surface area (Å²) in [6.07, 6.45) is 3.25. The third-order valence-corrected chi connectivity index (χ3v) is 2.70. The van der Waals surface area contributed by atoms with Crippen molar-refractivity contribution in [2.75, 3.05) is 5.33 Å². The summed E-state index contributed by atoms with van der Waals surface area (Å²) in [5, 5.41) is 1.03. The molecule has 0 aromatic heterocycles. The topological polar surface area (TPSA) is 0 Å². The summed E-state index contributed by atoms with van der Waals surface area (Å²) in [7, 11) is 0. The highest BCUT2D eigenvalue weighted by Crippen LogP contribution is 2.13. The minimum atomic E-state index is -0.126. The van der Waals surface area contributed by atoms with E-state index in [-0.39, 0.29) is 5.82 Å². The Kier molecular flexibility index (Phi) is 4.43. The maximum Gasteiger partial charge on any atom is 0.123 e. The molecule has 0 aliphatic heterocycles. The number of unbranched alkanes of at least 4 members (excludes halogenated alkanes) is 1. The van der Waals surface area contributed by atoms with Crippen LogP contribution in [0.1, 0.15) is 24.0 Å². The number of hydrogen-bond acceptors (Lipinski definition) is 0. The molecule has 1 aromatic rings. The van der Waals surface area contributed by atoms with Crippen molar-refractivity contribution in [3.8, 4) is 0 Å². The van der Waals surface area contributed by atoms with Crippen LogP contribution in [0.3, 0.4) is 0 Å². The van der Waals surface area contributed by atoms with Gasteiger partial charge >= 0.3 is 0 Å². The number of halogens is 2. The second-order valence-electron chi connectivity index (χ2n) is 3.22. The van der Waals surface area contributed by atoms with Crippen molar-refractivity contribution in [3.05, 3.63) is 35.1 Å². The highest BCUT2D eigenvalue weighted by Gasteiger charge is 1.99. The lowest BCUT2D eigenvalue weighted by Crippen LogP contribution is -1.91. The van der Waals surface area contributed by atoms with Crippen LogP contribution in [0.4, 0.5) is 4.39 Å². The van der Waals surface area contributed by atoms with Gasteiger partial charge in [-0.25, -0.2) is 4.39 Å². The first kappa shape index (κ1) is 10.7. The van der Waals surface area contributed by atoms with Gasteiger partial charge in [0.05, 0.1) is 0 Å². The van der Waals surface area contributed by atoms with E-state index in [1.165, 1.54) is 11.6 Å². The molecule has 2 heteroatoms. The molecule has 0 saturated heterocycles. The van der Waals surface area contributed by atoms with Gasteiger partial charge in [0, 0.05) is 5.33 Å². The largest absolute Gasteiger partial charge is 0.207 e. The maximum absolute atomic E-state index is 12.8. The van der Waals surface area contributed by atoms with Crippen LogP contribution in [0.5, 0.6) is 0 Å². The van der Waals surface area contributed by atoms with E-state index in [9.17, 15) is 4.39 Å². The molecule has 13 heavy (non-hydrogen) atoms. The molecular formula is C11H14BrF. The van der Waals surface area contributed by atoms with E-state index in [0.717, 1.165) is 30.2 Å². The summed E-state index contributed by atoms with van der Waals surface area (Å²) < 4.78 is 12.8. The lowest BCUT2D eigenvalue weighted by Gasteiger charge is -2.04. The summed E-state index contributed by atoms with van der Waals surface area (Å²) in [6.45, 7) is 2.03. The van der Waals surface area contributed by atoms with Gasteiger partial charge in [-0.2, -0.15) is 0 Å². The Morgan fingerprint density at radius 2 is 2.08 bits per heavy atom. The predicted molar refractivity (Wildman–Crippen MR) is 57.9 cm³/mol. The van der Waals surface area contributed by atoms with E-state index in [1.807, 2.05) is 13.0 Å². The molecule has 0 heterocycles. The molecule has 0 unspecified atom stereocenters. The maximum atomic E-state index is 12.8. The number of benzene rings is 1. The standard InChI is InChI=1S/C11H14BrF/c1-9-5-6-11(13)8-10(9)4-2-3-7-12/h5-6,8H,2-4,7H2,1H3. The zero-order valence-electron chi connectivity index (χ0n) is 7.82. The predicted octanol–water partition coefficient (Wildman–Crippen LogP) is 3.85. The molecule has 0 aliphatic rings. The summed E-state index contributed by atoms with van der Waals surface area (Å²) in [6, 6.07) is 5.01. The Bertz CT molecular complexity index is 271. The van der Waals surface area contributed by atoms with Gasteiger partial charge in [-0.15, -0.1) is 0 Å². The Labute approximate surface area is 87.3 Å². The third-order valence-electron chi connectivity index (χ3n) is 2.14. The van der Waals surface area contributed by atoms with Crippen molar-refractivity contribution in [3.63, 3.8) is 0 Å². The summed E-state index contributed by atoms with van der Waals surface area (Å²) in [4.78, 5) is 0. The first-order valence-corrected chi connectivity index (χ1v) is 5.67. The van der Waals surface area contributed by atoms with Gasteiger partial charge in [0.1, 0.15) is 5.82 Å². The van der Waals surface area contributed by atoms with Crippen LogP contribution in [-0.2, 0) is 6.42 Å². The van der Waals surface area contributed by atoms with Crippen molar-refractivity contribution in [2.24, 2.45) is 0 Å². The lowest BCUT2D eigenvalue weighted by atomic mass is 10.0. The van der Waals surface area contributed by atoms with E-state index in [1.54, 1.807) is 6.07 Å². The van der Waals surface area contributed by atoms with Crippen molar-refractivity contribution in [1.82, 2.24) is 0 Å². The zero-order valence-corrected chi connectivity index (χ0v) is 9.40. The van der Waals surface area contributed by atoms with E-state index < -0.39 is 0 Å². The minimum absolute atomic E-state index is 0.126. The molecule has 1 rings (SSSR count). The van der Waals surface area contributed by atoms with E-state index >= 15 is 0 Å². The fraction of sp³-hybridized carbons (Fsp3) is 0.455. The quantitative estimate of drug-likeness (QED) is 0.558. The minimum Gasteiger partial charge on any atom is -0.207 e. The molecule has 0 atom stereocenters. The van der Waals surface area contributed by atoms with Crippen LogP contribution in [0.2, 0.25) is 0 Å². The van der Waals surface area contributed by atoms with Gasteiger partial charge < -0.3 is 0 Å². The molecule has 0 aliphatic carbocycles. The number of aryl methyl sites for hydroxylation is 2. The summed E-state index contributed by atoms with van der Waals surface area (Å²) in [5.41, 5.74) is 2.33. The third kappa shape index (κ3) is 3.47. The molecule has 0 bridgehead atoms. The molecule has 1 aromatic carbocycles. The monoisotopic (exact) mass is 244 g/mol. The molecule has 0 amide bonds. The van der Waals surface area contributed by atoms with Crippen LogP contribution in [0.15, 0.2) is 18.2 Å². The Morgan fingerprint density at radius 3 is 2.77 bits per heavy atom. The van der Waals surface area contributed by atoms with E-state index in [4.69, 9.17) is 0 Å². The first-order valence-electron chi connectivity index (χ1n) is 4.55. The number of hydrogen-bond donors (Lipinski definition) is 0. The highest BCUT2D eigenvalue weighted by molar-refractivity contribution is 9.09. The van der Waals surface area contributed by atoms with Crippen LogP contribution < -0.4 is 0 Å². The molecule has 0 saturated carbocycles. The SMILES string of the molecule is Cc1ccc(F)cc1CCCCBr. The van der Waals surface area contributed by atoms with Gasteiger partial charge in [-0.05, 0) is 49.4 Å². The molecule has 0 radical (unpaired) electrons. The first-order chi connectivity index (χ1) is 6.24. The van der Waals surface area contributed by atoms with Gasteiger partial charge in [-0.1, -0.05) is 22.0 Å². The fourth-order valence-corrected chi connectivity index (χ4v) is 1.72.